The molecule has 0 aliphatic carbocycles. The highest BCUT2D eigenvalue weighted by atomic mass is 16.5. The summed E-state index contributed by atoms with van der Waals surface area (Å²) in [6.07, 6.45) is 4.62. The number of unbranched alkanes of at least 4 members (excludes halogenated alkanes) is 3. The third kappa shape index (κ3) is 7.99. The van der Waals surface area contributed by atoms with Gasteiger partial charge in [-0.25, -0.2) is 0 Å². The number of carbonyl (C=O) groups is 1. The highest BCUT2D eigenvalue weighted by molar-refractivity contribution is 5.79. The van der Waals surface area contributed by atoms with Gasteiger partial charge in [0, 0.05) is 26.6 Å². The van der Waals surface area contributed by atoms with Gasteiger partial charge in [-0.1, -0.05) is 36.6 Å². The first-order valence-electron chi connectivity index (χ1n) is 8.64. The Morgan fingerprint density at radius 2 is 1.88 bits per heavy atom. The Kier molecular flexibility index (Phi) is 9.58. The summed E-state index contributed by atoms with van der Waals surface area (Å²) in [7, 11) is 3.22. The van der Waals surface area contributed by atoms with E-state index in [9.17, 15) is 4.79 Å². The van der Waals surface area contributed by atoms with Gasteiger partial charge in [0.05, 0.1) is 7.11 Å². The van der Waals surface area contributed by atoms with Crippen LogP contribution in [0.25, 0.3) is 0 Å². The molecule has 0 bridgehead atoms. The average Bonchev–Trinajstić information content (AvgIpc) is 2.57. The van der Waals surface area contributed by atoms with Crippen molar-refractivity contribution in [2.75, 3.05) is 20.7 Å². The fourth-order valence-electron chi connectivity index (χ4n) is 2.50. The van der Waals surface area contributed by atoms with Crippen LogP contribution in [0, 0.1) is 13.8 Å². The first kappa shape index (κ1) is 20.0. The second-order valence-corrected chi connectivity index (χ2v) is 6.02. The number of rotatable bonds is 9. The van der Waals surface area contributed by atoms with Crippen LogP contribution >= 0.6 is 0 Å². The van der Waals surface area contributed by atoms with E-state index in [-0.39, 0.29) is 5.97 Å². The van der Waals surface area contributed by atoms with E-state index in [2.05, 4.69) is 52.4 Å². The monoisotopic (exact) mass is 333 g/mol. The van der Waals surface area contributed by atoms with Gasteiger partial charge in [0.25, 0.3) is 0 Å². The second-order valence-electron chi connectivity index (χ2n) is 6.02. The van der Waals surface area contributed by atoms with Crippen LogP contribution in [0.4, 0.5) is 0 Å². The maximum absolute atomic E-state index is 11.0. The fraction of sp³-hybridized carbons (Fsp3) is 0.579. The van der Waals surface area contributed by atoms with E-state index in [1.54, 1.807) is 7.05 Å². The molecule has 0 aromatic heterocycles. The Labute approximate surface area is 145 Å². The minimum absolute atomic E-state index is 0.121. The van der Waals surface area contributed by atoms with Crippen LogP contribution in [0.3, 0.4) is 0 Å². The number of esters is 1. The molecule has 24 heavy (non-hydrogen) atoms. The van der Waals surface area contributed by atoms with E-state index in [1.165, 1.54) is 23.8 Å². The Hall–Kier alpha value is -2.04. The summed E-state index contributed by atoms with van der Waals surface area (Å²) in [5, 5.41) is 6.68. The molecule has 0 heterocycles. The summed E-state index contributed by atoms with van der Waals surface area (Å²) in [6.45, 7) is 5.89. The van der Waals surface area contributed by atoms with Gasteiger partial charge in [0.2, 0.25) is 0 Å². The normalized spacial score (nSPS) is 11.2. The van der Waals surface area contributed by atoms with Crippen molar-refractivity contribution in [3.8, 4) is 0 Å². The van der Waals surface area contributed by atoms with Gasteiger partial charge in [-0.2, -0.15) is 0 Å². The highest BCUT2D eigenvalue weighted by Crippen LogP contribution is 2.10. The number of ether oxygens (including phenoxy) is 1. The van der Waals surface area contributed by atoms with Gasteiger partial charge >= 0.3 is 5.97 Å². The fourth-order valence-corrected chi connectivity index (χ4v) is 2.50. The van der Waals surface area contributed by atoms with E-state index in [1.807, 2.05) is 0 Å². The lowest BCUT2D eigenvalue weighted by atomic mass is 10.1. The van der Waals surface area contributed by atoms with Crippen molar-refractivity contribution >= 4 is 11.9 Å². The van der Waals surface area contributed by atoms with Crippen molar-refractivity contribution in [2.24, 2.45) is 4.99 Å². The molecule has 5 nitrogen and oxygen atoms in total. The van der Waals surface area contributed by atoms with Crippen molar-refractivity contribution in [2.45, 2.75) is 52.5 Å². The molecule has 0 spiro atoms. The topological polar surface area (TPSA) is 62.7 Å². The van der Waals surface area contributed by atoms with Gasteiger partial charge in [-0.15, -0.1) is 0 Å². The van der Waals surface area contributed by atoms with E-state index >= 15 is 0 Å². The van der Waals surface area contributed by atoms with E-state index in [0.717, 1.165) is 44.7 Å². The molecule has 0 aliphatic rings. The predicted octanol–water partition coefficient (Wildman–Crippen LogP) is 3.09. The molecule has 2 N–H and O–H groups in total. The molecule has 5 heteroatoms. The largest absolute Gasteiger partial charge is 0.469 e. The second kappa shape index (κ2) is 11.5. The number of guanidine groups is 1. The molecule has 134 valence electrons. The van der Waals surface area contributed by atoms with Crippen molar-refractivity contribution in [3.63, 3.8) is 0 Å². The summed E-state index contributed by atoms with van der Waals surface area (Å²) in [5.41, 5.74) is 3.86. The minimum atomic E-state index is -0.121. The number of methoxy groups -OCH3 is 1. The number of aryl methyl sites for hydroxylation is 2. The molecule has 1 aromatic rings. The molecule has 0 saturated heterocycles. The summed E-state index contributed by atoms with van der Waals surface area (Å²) < 4.78 is 4.63. The van der Waals surface area contributed by atoms with Crippen LogP contribution in [-0.4, -0.2) is 32.6 Å². The summed E-state index contributed by atoms with van der Waals surface area (Å²) >= 11 is 0. The quantitative estimate of drug-likeness (QED) is 0.315. The Balaban J connectivity index is 2.18. The maximum Gasteiger partial charge on any atom is 0.305 e. The van der Waals surface area contributed by atoms with Crippen LogP contribution in [0.5, 0.6) is 0 Å². The lowest BCUT2D eigenvalue weighted by Crippen LogP contribution is -2.37. The number of hydrogen-bond donors (Lipinski definition) is 2. The Bertz CT molecular complexity index is 541. The van der Waals surface area contributed by atoms with Crippen molar-refractivity contribution in [3.05, 3.63) is 34.9 Å². The van der Waals surface area contributed by atoms with E-state index in [0.29, 0.717) is 6.42 Å². The van der Waals surface area contributed by atoms with E-state index in [4.69, 9.17) is 0 Å². The lowest BCUT2D eigenvalue weighted by molar-refractivity contribution is -0.140. The molecule has 0 radical (unpaired) electrons. The van der Waals surface area contributed by atoms with E-state index < -0.39 is 0 Å². The zero-order chi connectivity index (χ0) is 17.8. The number of nitrogens with zero attached hydrogens (tertiary/aromatic N) is 1. The maximum atomic E-state index is 11.0. The van der Waals surface area contributed by atoms with Crippen molar-refractivity contribution in [1.29, 1.82) is 0 Å². The van der Waals surface area contributed by atoms with Gasteiger partial charge in [-0.05, 0) is 37.8 Å². The number of aliphatic imine (C=N–C) groups is 1. The Morgan fingerprint density at radius 3 is 2.54 bits per heavy atom. The smallest absolute Gasteiger partial charge is 0.305 e. The summed E-state index contributed by atoms with van der Waals surface area (Å²) in [4.78, 5) is 15.3. The third-order valence-corrected chi connectivity index (χ3v) is 4.00. The molecule has 0 amide bonds. The summed E-state index contributed by atoms with van der Waals surface area (Å²) in [5.74, 6) is 0.702. The zero-order valence-electron chi connectivity index (χ0n) is 15.4. The van der Waals surface area contributed by atoms with Crippen LogP contribution in [0.1, 0.15) is 48.8 Å². The zero-order valence-corrected chi connectivity index (χ0v) is 15.4. The van der Waals surface area contributed by atoms with Crippen molar-refractivity contribution < 1.29 is 9.53 Å². The Morgan fingerprint density at radius 1 is 1.12 bits per heavy atom. The van der Waals surface area contributed by atoms with Crippen molar-refractivity contribution in [1.82, 2.24) is 10.6 Å². The molecular weight excluding hydrogens is 302 g/mol. The van der Waals surface area contributed by atoms with Crippen LogP contribution in [-0.2, 0) is 16.1 Å². The molecule has 0 fully saturated rings. The van der Waals surface area contributed by atoms with Gasteiger partial charge in [0.15, 0.2) is 5.96 Å². The highest BCUT2D eigenvalue weighted by Gasteiger charge is 2.02. The van der Waals surface area contributed by atoms with Gasteiger partial charge < -0.3 is 15.4 Å². The molecule has 0 saturated carbocycles. The number of nitrogens with one attached hydrogen (secondary N) is 2. The van der Waals surface area contributed by atoms with Gasteiger partial charge in [-0.3, -0.25) is 9.79 Å². The molecule has 0 atom stereocenters. The third-order valence-electron chi connectivity index (χ3n) is 4.00. The lowest BCUT2D eigenvalue weighted by Gasteiger charge is -2.13. The summed E-state index contributed by atoms with van der Waals surface area (Å²) in [6, 6.07) is 6.49. The number of hydrogen-bond acceptors (Lipinski definition) is 3. The minimum Gasteiger partial charge on any atom is -0.469 e. The predicted molar refractivity (Wildman–Crippen MR) is 99.2 cm³/mol. The molecular formula is C19H31N3O2. The van der Waals surface area contributed by atoms with Crippen LogP contribution in [0.2, 0.25) is 0 Å². The molecule has 1 aromatic carbocycles. The molecule has 0 unspecified atom stereocenters. The van der Waals surface area contributed by atoms with Crippen LogP contribution < -0.4 is 10.6 Å². The SMILES string of the molecule is CN=C(NCCCCCCC(=O)OC)NCc1ccc(C)cc1C. The molecule has 0 aliphatic heterocycles. The van der Waals surface area contributed by atoms with Gasteiger partial charge in [0.1, 0.15) is 0 Å². The average molecular weight is 333 g/mol. The number of benzene rings is 1. The van der Waals surface area contributed by atoms with Crippen LogP contribution in [0.15, 0.2) is 23.2 Å². The standard InChI is InChI=1S/C19H31N3O2/c1-15-10-11-17(16(2)13-15)14-22-19(20-3)21-12-8-6-5-7-9-18(23)24-4/h10-11,13H,5-9,12,14H2,1-4H3,(H2,20,21,22). The molecule has 1 rings (SSSR count). The number of carbonyl (C=O) groups excluding carboxylic acids is 1. The first-order chi connectivity index (χ1) is 11.6. The first-order valence-corrected chi connectivity index (χ1v) is 8.64.